The standard InChI is InChI=1S/C17H20N2O2/c20-16-11-4-3-9-15(16)19-17(21)18-14-10-5-7-12-6-1-2-8-13(12)14/h1-2,5-8,10,15-16,20H,3-4,9,11H2,(H2,18,19,21)/t15-,16+/m0/s1. The van der Waals surface area contributed by atoms with Gasteiger partial charge in [-0.15, -0.1) is 0 Å². The topological polar surface area (TPSA) is 61.4 Å². The zero-order chi connectivity index (χ0) is 14.7. The van der Waals surface area contributed by atoms with E-state index in [2.05, 4.69) is 10.6 Å². The lowest BCUT2D eigenvalue weighted by Crippen LogP contribution is -2.46. The van der Waals surface area contributed by atoms with E-state index in [1.54, 1.807) is 0 Å². The summed E-state index contributed by atoms with van der Waals surface area (Å²) in [5.41, 5.74) is 0.788. The fraction of sp³-hybridized carbons (Fsp3) is 0.353. The second-order valence-electron chi connectivity index (χ2n) is 5.58. The van der Waals surface area contributed by atoms with Crippen LogP contribution < -0.4 is 10.6 Å². The van der Waals surface area contributed by atoms with E-state index in [1.807, 2.05) is 42.5 Å². The highest BCUT2D eigenvalue weighted by molar-refractivity contribution is 6.01. The number of anilines is 1. The molecule has 0 aliphatic heterocycles. The molecule has 4 nitrogen and oxygen atoms in total. The van der Waals surface area contributed by atoms with E-state index in [1.165, 1.54) is 0 Å². The van der Waals surface area contributed by atoms with Crippen molar-refractivity contribution in [3.8, 4) is 0 Å². The highest BCUT2D eigenvalue weighted by Crippen LogP contribution is 2.23. The van der Waals surface area contributed by atoms with Crippen molar-refractivity contribution in [1.29, 1.82) is 0 Å². The van der Waals surface area contributed by atoms with Crippen molar-refractivity contribution < 1.29 is 9.90 Å². The summed E-state index contributed by atoms with van der Waals surface area (Å²) in [5.74, 6) is 0. The molecule has 0 heterocycles. The maximum absolute atomic E-state index is 12.1. The second-order valence-corrected chi connectivity index (χ2v) is 5.58. The molecule has 4 heteroatoms. The van der Waals surface area contributed by atoms with Gasteiger partial charge < -0.3 is 15.7 Å². The largest absolute Gasteiger partial charge is 0.391 e. The van der Waals surface area contributed by atoms with Crippen molar-refractivity contribution in [1.82, 2.24) is 5.32 Å². The molecule has 1 fully saturated rings. The summed E-state index contributed by atoms with van der Waals surface area (Å²) in [4.78, 5) is 12.1. The van der Waals surface area contributed by atoms with Gasteiger partial charge in [0.1, 0.15) is 0 Å². The van der Waals surface area contributed by atoms with Crippen LogP contribution >= 0.6 is 0 Å². The molecular weight excluding hydrogens is 264 g/mol. The zero-order valence-electron chi connectivity index (χ0n) is 11.9. The number of aliphatic hydroxyl groups excluding tert-OH is 1. The van der Waals surface area contributed by atoms with Gasteiger partial charge in [0.05, 0.1) is 17.8 Å². The molecule has 1 aliphatic carbocycles. The Labute approximate surface area is 124 Å². The Morgan fingerprint density at radius 1 is 1.05 bits per heavy atom. The van der Waals surface area contributed by atoms with Crippen LogP contribution in [0.3, 0.4) is 0 Å². The van der Waals surface area contributed by atoms with Crippen molar-refractivity contribution in [3.05, 3.63) is 42.5 Å². The first-order valence-electron chi connectivity index (χ1n) is 7.47. The molecule has 0 saturated heterocycles. The van der Waals surface area contributed by atoms with Gasteiger partial charge in [-0.2, -0.15) is 0 Å². The molecule has 2 aromatic rings. The molecule has 0 aromatic heterocycles. The smallest absolute Gasteiger partial charge is 0.319 e. The first-order valence-corrected chi connectivity index (χ1v) is 7.47. The van der Waals surface area contributed by atoms with Crippen molar-refractivity contribution in [3.63, 3.8) is 0 Å². The molecule has 0 unspecified atom stereocenters. The van der Waals surface area contributed by atoms with E-state index in [9.17, 15) is 9.90 Å². The van der Waals surface area contributed by atoms with Crippen LogP contribution in [0.25, 0.3) is 10.8 Å². The Bertz CT molecular complexity index is 636. The van der Waals surface area contributed by atoms with Crippen molar-refractivity contribution in [2.75, 3.05) is 5.32 Å². The Hall–Kier alpha value is -2.07. The number of aliphatic hydroxyl groups is 1. The van der Waals surface area contributed by atoms with Crippen LogP contribution in [-0.2, 0) is 0 Å². The Kier molecular flexibility index (Phi) is 4.06. The van der Waals surface area contributed by atoms with E-state index in [0.717, 1.165) is 42.1 Å². The fourth-order valence-electron chi connectivity index (χ4n) is 2.94. The van der Waals surface area contributed by atoms with E-state index in [4.69, 9.17) is 0 Å². The molecule has 2 amide bonds. The van der Waals surface area contributed by atoms with E-state index in [0.29, 0.717) is 0 Å². The number of fused-ring (bicyclic) bond motifs is 1. The SMILES string of the molecule is O=C(Nc1cccc2ccccc12)N[C@H]1CCCC[C@H]1O. The molecule has 3 N–H and O–H groups in total. The Morgan fingerprint density at radius 2 is 1.81 bits per heavy atom. The number of amides is 2. The quantitative estimate of drug-likeness (QED) is 0.792. The maximum Gasteiger partial charge on any atom is 0.319 e. The van der Waals surface area contributed by atoms with Crippen LogP contribution in [0.2, 0.25) is 0 Å². The third-order valence-corrected chi connectivity index (χ3v) is 4.08. The predicted molar refractivity (Wildman–Crippen MR) is 84.4 cm³/mol. The van der Waals surface area contributed by atoms with Gasteiger partial charge in [0.15, 0.2) is 0 Å². The number of carbonyl (C=O) groups excluding carboxylic acids is 1. The van der Waals surface area contributed by atoms with Gasteiger partial charge >= 0.3 is 6.03 Å². The minimum Gasteiger partial charge on any atom is -0.391 e. The van der Waals surface area contributed by atoms with E-state index >= 15 is 0 Å². The molecule has 0 spiro atoms. The molecule has 110 valence electrons. The average molecular weight is 284 g/mol. The summed E-state index contributed by atoms with van der Waals surface area (Å²) in [5, 5.41) is 17.8. The minimum absolute atomic E-state index is 0.145. The number of hydrogen-bond donors (Lipinski definition) is 3. The van der Waals surface area contributed by atoms with Gasteiger partial charge in [-0.25, -0.2) is 4.79 Å². The lowest BCUT2D eigenvalue weighted by molar-refractivity contribution is 0.0955. The lowest BCUT2D eigenvalue weighted by Gasteiger charge is -2.28. The summed E-state index contributed by atoms with van der Waals surface area (Å²) in [6, 6.07) is 13.4. The van der Waals surface area contributed by atoms with Crippen LogP contribution in [0.1, 0.15) is 25.7 Å². The first kappa shape index (κ1) is 13.9. The fourth-order valence-corrected chi connectivity index (χ4v) is 2.94. The first-order chi connectivity index (χ1) is 10.2. The van der Waals surface area contributed by atoms with Crippen LogP contribution in [0, 0.1) is 0 Å². The van der Waals surface area contributed by atoms with Gasteiger partial charge in [0.25, 0.3) is 0 Å². The number of carbonyl (C=O) groups is 1. The van der Waals surface area contributed by atoms with E-state index < -0.39 is 6.10 Å². The molecule has 0 radical (unpaired) electrons. The summed E-state index contributed by atoms with van der Waals surface area (Å²) in [7, 11) is 0. The minimum atomic E-state index is -0.433. The molecular formula is C17H20N2O2. The highest BCUT2D eigenvalue weighted by atomic mass is 16.3. The molecule has 1 aliphatic rings. The molecule has 0 bridgehead atoms. The van der Waals surface area contributed by atoms with Crippen molar-refractivity contribution in [2.24, 2.45) is 0 Å². The van der Waals surface area contributed by atoms with Crippen molar-refractivity contribution in [2.45, 2.75) is 37.8 Å². The van der Waals surface area contributed by atoms with Gasteiger partial charge in [0, 0.05) is 5.39 Å². The van der Waals surface area contributed by atoms with Gasteiger partial charge in [0.2, 0.25) is 0 Å². The molecule has 2 aromatic carbocycles. The van der Waals surface area contributed by atoms with Gasteiger partial charge in [-0.05, 0) is 24.3 Å². The number of benzene rings is 2. The van der Waals surface area contributed by atoms with Crippen LogP contribution in [0.15, 0.2) is 42.5 Å². The highest BCUT2D eigenvalue weighted by Gasteiger charge is 2.24. The molecule has 3 rings (SSSR count). The third-order valence-electron chi connectivity index (χ3n) is 4.08. The lowest BCUT2D eigenvalue weighted by atomic mass is 9.93. The Morgan fingerprint density at radius 3 is 2.67 bits per heavy atom. The zero-order valence-corrected chi connectivity index (χ0v) is 11.9. The average Bonchev–Trinajstić information content (AvgIpc) is 2.50. The normalized spacial score (nSPS) is 22.0. The Balaban J connectivity index is 1.71. The number of nitrogens with one attached hydrogen (secondary N) is 2. The summed E-state index contributed by atoms with van der Waals surface area (Å²) < 4.78 is 0. The van der Waals surface area contributed by atoms with Crippen LogP contribution in [-0.4, -0.2) is 23.3 Å². The van der Waals surface area contributed by atoms with Crippen molar-refractivity contribution >= 4 is 22.5 Å². The summed E-state index contributed by atoms with van der Waals surface area (Å²) in [6.45, 7) is 0. The number of urea groups is 1. The third kappa shape index (κ3) is 3.16. The molecule has 21 heavy (non-hydrogen) atoms. The molecule has 1 saturated carbocycles. The van der Waals surface area contributed by atoms with Gasteiger partial charge in [-0.1, -0.05) is 49.2 Å². The second kappa shape index (κ2) is 6.14. The molecule has 2 atom stereocenters. The summed E-state index contributed by atoms with van der Waals surface area (Å²) >= 11 is 0. The van der Waals surface area contributed by atoms with Crippen LogP contribution in [0.5, 0.6) is 0 Å². The monoisotopic (exact) mass is 284 g/mol. The maximum atomic E-state index is 12.1. The number of rotatable bonds is 2. The summed E-state index contributed by atoms with van der Waals surface area (Å²) in [6.07, 6.45) is 3.25. The number of hydrogen-bond acceptors (Lipinski definition) is 2. The van der Waals surface area contributed by atoms with Crippen LogP contribution in [0.4, 0.5) is 10.5 Å². The van der Waals surface area contributed by atoms with E-state index in [-0.39, 0.29) is 12.1 Å². The predicted octanol–water partition coefficient (Wildman–Crippen LogP) is 3.26. The van der Waals surface area contributed by atoms with Gasteiger partial charge in [-0.3, -0.25) is 0 Å².